The number of carbonyl (C=O) groups excluding carboxylic acids is 1. The molecule has 1 aliphatic rings. The largest absolute Gasteiger partial charge is 0.357 e. The van der Waals surface area contributed by atoms with Gasteiger partial charge in [-0.2, -0.15) is 0 Å². The highest BCUT2D eigenvalue weighted by molar-refractivity contribution is 5.85. The van der Waals surface area contributed by atoms with Crippen LogP contribution >= 0.6 is 0 Å². The molecule has 1 saturated carbocycles. The lowest BCUT2D eigenvalue weighted by molar-refractivity contribution is -0.121. The van der Waals surface area contributed by atoms with Crippen LogP contribution in [0.1, 0.15) is 60.3 Å². The second kappa shape index (κ2) is 9.01. The summed E-state index contributed by atoms with van der Waals surface area (Å²) in [4.78, 5) is 16.2. The van der Waals surface area contributed by atoms with Gasteiger partial charge < -0.3 is 16.0 Å². The van der Waals surface area contributed by atoms with Crippen LogP contribution in [0.5, 0.6) is 0 Å². The van der Waals surface area contributed by atoms with Crippen LogP contribution in [0.4, 0.5) is 0 Å². The van der Waals surface area contributed by atoms with Crippen molar-refractivity contribution in [2.45, 2.75) is 65.8 Å². The molecule has 5 heteroatoms. The molecular weight excluding hydrogens is 276 g/mol. The van der Waals surface area contributed by atoms with Gasteiger partial charge in [-0.1, -0.05) is 19.8 Å². The predicted octanol–water partition coefficient (Wildman–Crippen LogP) is 2.28. The minimum Gasteiger partial charge on any atom is -0.357 e. The average Bonchev–Trinajstić information content (AvgIpc) is 2.40. The number of nitrogens with one attached hydrogen (secondary N) is 3. The van der Waals surface area contributed by atoms with Crippen LogP contribution in [0.2, 0.25) is 0 Å². The van der Waals surface area contributed by atoms with Crippen LogP contribution in [-0.2, 0) is 4.79 Å². The molecule has 2 atom stereocenters. The standard InChI is InChI=1S/C17H34N4O/c1-6-18-16(20-12-15(22)21-17(3,4)5)19-11-14-9-7-8-13(2)10-14/h13-14H,6-12H2,1-5H3,(H,21,22)(H2,18,19,20). The van der Waals surface area contributed by atoms with E-state index in [0.29, 0.717) is 0 Å². The monoisotopic (exact) mass is 310 g/mol. The number of hydrogen-bond acceptors (Lipinski definition) is 2. The minimum absolute atomic E-state index is 0.0454. The normalized spacial score (nSPS) is 23.0. The van der Waals surface area contributed by atoms with Crippen LogP contribution in [-0.4, -0.2) is 37.0 Å². The molecule has 1 fully saturated rings. The topological polar surface area (TPSA) is 65.5 Å². The molecule has 5 nitrogen and oxygen atoms in total. The Morgan fingerprint density at radius 2 is 1.95 bits per heavy atom. The summed E-state index contributed by atoms with van der Waals surface area (Å²) in [5, 5.41) is 9.52. The maximum Gasteiger partial charge on any atom is 0.242 e. The van der Waals surface area contributed by atoms with E-state index in [2.05, 4.69) is 27.9 Å². The zero-order valence-electron chi connectivity index (χ0n) is 15.0. The first-order chi connectivity index (χ1) is 10.3. The summed E-state index contributed by atoms with van der Waals surface area (Å²) in [5.74, 6) is 2.24. The summed E-state index contributed by atoms with van der Waals surface area (Å²) in [6.45, 7) is 12.2. The number of nitrogens with zero attached hydrogens (tertiary/aromatic N) is 1. The van der Waals surface area contributed by atoms with Gasteiger partial charge in [0.1, 0.15) is 6.54 Å². The molecule has 0 aliphatic heterocycles. The molecule has 0 heterocycles. The number of rotatable bonds is 5. The Hall–Kier alpha value is -1.26. The molecule has 1 amide bonds. The third-order valence-electron chi connectivity index (χ3n) is 3.84. The van der Waals surface area contributed by atoms with E-state index in [0.717, 1.165) is 30.9 Å². The lowest BCUT2D eigenvalue weighted by Crippen LogP contribution is -2.44. The molecule has 2 unspecified atom stereocenters. The molecule has 1 rings (SSSR count). The van der Waals surface area contributed by atoms with Crippen molar-refractivity contribution in [3.63, 3.8) is 0 Å². The molecule has 0 aromatic rings. The van der Waals surface area contributed by atoms with E-state index in [1.54, 1.807) is 0 Å². The van der Waals surface area contributed by atoms with Gasteiger partial charge >= 0.3 is 0 Å². The predicted molar refractivity (Wildman–Crippen MR) is 93.0 cm³/mol. The van der Waals surface area contributed by atoms with Crippen molar-refractivity contribution in [3.05, 3.63) is 0 Å². The number of carbonyl (C=O) groups is 1. The average molecular weight is 310 g/mol. The van der Waals surface area contributed by atoms with Gasteiger partial charge in [0.15, 0.2) is 5.96 Å². The van der Waals surface area contributed by atoms with Crippen LogP contribution < -0.4 is 16.0 Å². The second-order valence-corrected chi connectivity index (χ2v) is 7.51. The molecule has 3 N–H and O–H groups in total. The third kappa shape index (κ3) is 8.25. The zero-order valence-corrected chi connectivity index (χ0v) is 15.0. The van der Waals surface area contributed by atoms with Crippen molar-refractivity contribution in [1.29, 1.82) is 0 Å². The summed E-state index contributed by atoms with van der Waals surface area (Å²) >= 11 is 0. The molecule has 22 heavy (non-hydrogen) atoms. The molecule has 0 radical (unpaired) electrons. The first kappa shape index (κ1) is 18.8. The lowest BCUT2D eigenvalue weighted by Gasteiger charge is -2.27. The van der Waals surface area contributed by atoms with Crippen molar-refractivity contribution in [1.82, 2.24) is 16.0 Å². The van der Waals surface area contributed by atoms with Gasteiger partial charge in [-0.3, -0.25) is 4.79 Å². The van der Waals surface area contributed by atoms with Crippen molar-refractivity contribution in [2.24, 2.45) is 16.8 Å². The lowest BCUT2D eigenvalue weighted by atomic mass is 9.82. The van der Waals surface area contributed by atoms with Gasteiger partial charge in [-0.25, -0.2) is 4.99 Å². The molecule has 0 aromatic carbocycles. The SMILES string of the molecule is CCNC(=NCC(=O)NC(C)(C)C)NCC1CCCC(C)C1. The number of guanidine groups is 1. The molecule has 0 bridgehead atoms. The minimum atomic E-state index is -0.212. The fraction of sp³-hybridized carbons (Fsp3) is 0.882. The quantitative estimate of drug-likeness (QED) is 0.539. The van der Waals surface area contributed by atoms with Gasteiger partial charge in [-0.15, -0.1) is 0 Å². The maximum atomic E-state index is 11.8. The highest BCUT2D eigenvalue weighted by atomic mass is 16.2. The Labute approximate surface area is 135 Å². The van der Waals surface area contributed by atoms with Gasteiger partial charge in [0.25, 0.3) is 0 Å². The third-order valence-corrected chi connectivity index (χ3v) is 3.84. The molecule has 0 saturated heterocycles. The second-order valence-electron chi connectivity index (χ2n) is 7.51. The van der Waals surface area contributed by atoms with E-state index in [1.807, 2.05) is 27.7 Å². The van der Waals surface area contributed by atoms with E-state index in [1.165, 1.54) is 25.7 Å². The summed E-state index contributed by atoms with van der Waals surface area (Å²) in [5.41, 5.74) is -0.212. The number of amides is 1. The van der Waals surface area contributed by atoms with Crippen LogP contribution in [0.25, 0.3) is 0 Å². The number of hydrogen-bond donors (Lipinski definition) is 3. The van der Waals surface area contributed by atoms with E-state index in [-0.39, 0.29) is 18.0 Å². The molecular formula is C17H34N4O. The van der Waals surface area contributed by atoms with Crippen molar-refractivity contribution >= 4 is 11.9 Å². The summed E-state index contributed by atoms with van der Waals surface area (Å²) in [6, 6.07) is 0. The highest BCUT2D eigenvalue weighted by Gasteiger charge is 2.19. The molecule has 1 aliphatic carbocycles. The van der Waals surface area contributed by atoms with E-state index in [4.69, 9.17) is 0 Å². The zero-order chi connectivity index (χ0) is 16.6. The first-order valence-electron chi connectivity index (χ1n) is 8.63. The summed E-state index contributed by atoms with van der Waals surface area (Å²) in [6.07, 6.45) is 5.27. The molecule has 0 aromatic heterocycles. The molecule has 128 valence electrons. The first-order valence-corrected chi connectivity index (χ1v) is 8.63. The van der Waals surface area contributed by atoms with E-state index >= 15 is 0 Å². The Balaban J connectivity index is 2.43. The van der Waals surface area contributed by atoms with E-state index in [9.17, 15) is 4.79 Å². The maximum absolute atomic E-state index is 11.8. The fourth-order valence-electron chi connectivity index (χ4n) is 2.94. The van der Waals surface area contributed by atoms with Gasteiger partial charge in [0.2, 0.25) is 5.91 Å². The van der Waals surface area contributed by atoms with E-state index < -0.39 is 0 Å². The molecule has 0 spiro atoms. The van der Waals surface area contributed by atoms with Gasteiger partial charge in [-0.05, 0) is 52.4 Å². The van der Waals surface area contributed by atoms with Crippen LogP contribution in [0.15, 0.2) is 4.99 Å². The van der Waals surface area contributed by atoms with Gasteiger partial charge in [0.05, 0.1) is 0 Å². The van der Waals surface area contributed by atoms with Crippen LogP contribution in [0, 0.1) is 11.8 Å². The highest BCUT2D eigenvalue weighted by Crippen LogP contribution is 2.27. The smallest absolute Gasteiger partial charge is 0.242 e. The Kier molecular flexibility index (Phi) is 7.69. The Morgan fingerprint density at radius 3 is 2.55 bits per heavy atom. The van der Waals surface area contributed by atoms with Gasteiger partial charge in [0, 0.05) is 18.6 Å². The Morgan fingerprint density at radius 1 is 1.23 bits per heavy atom. The Bertz CT molecular complexity index is 373. The number of aliphatic imine (C=N–C) groups is 1. The summed E-state index contributed by atoms with van der Waals surface area (Å²) < 4.78 is 0. The van der Waals surface area contributed by atoms with Crippen LogP contribution in [0.3, 0.4) is 0 Å². The van der Waals surface area contributed by atoms with Crippen molar-refractivity contribution in [3.8, 4) is 0 Å². The fourth-order valence-corrected chi connectivity index (χ4v) is 2.94. The summed E-state index contributed by atoms with van der Waals surface area (Å²) in [7, 11) is 0. The van der Waals surface area contributed by atoms with Crippen molar-refractivity contribution < 1.29 is 4.79 Å². The van der Waals surface area contributed by atoms with Crippen molar-refractivity contribution in [2.75, 3.05) is 19.6 Å².